The molecule has 5 saturated carbocycles. The summed E-state index contributed by atoms with van der Waals surface area (Å²) in [5.41, 5.74) is 1.36. The van der Waals surface area contributed by atoms with Gasteiger partial charge in [-0.25, -0.2) is 0 Å². The lowest BCUT2D eigenvalue weighted by Gasteiger charge is -2.55. The highest BCUT2D eigenvalue weighted by molar-refractivity contribution is 7.15. The van der Waals surface area contributed by atoms with Crippen LogP contribution in [-0.4, -0.2) is 22.0 Å². The van der Waals surface area contributed by atoms with Crippen molar-refractivity contribution < 1.29 is 9.59 Å². The summed E-state index contributed by atoms with van der Waals surface area (Å²) < 4.78 is 0. The molecule has 5 aliphatic carbocycles. The van der Waals surface area contributed by atoms with Gasteiger partial charge in [-0.3, -0.25) is 14.9 Å². The third-order valence-corrected chi connectivity index (χ3v) is 9.06. The minimum absolute atomic E-state index is 0.0365. The van der Waals surface area contributed by atoms with E-state index < -0.39 is 0 Å². The van der Waals surface area contributed by atoms with Gasteiger partial charge in [0.2, 0.25) is 11.0 Å². The molecular formula is C24H28N4O2S. The van der Waals surface area contributed by atoms with Crippen LogP contribution in [0.2, 0.25) is 0 Å². The molecule has 162 valence electrons. The van der Waals surface area contributed by atoms with Crippen molar-refractivity contribution >= 4 is 34.0 Å². The molecular weight excluding hydrogens is 408 g/mol. The van der Waals surface area contributed by atoms with Crippen molar-refractivity contribution in [2.75, 3.05) is 10.6 Å². The van der Waals surface area contributed by atoms with Crippen LogP contribution in [0.4, 0.5) is 10.8 Å². The molecule has 2 amide bonds. The van der Waals surface area contributed by atoms with Crippen LogP contribution in [0.3, 0.4) is 0 Å². The van der Waals surface area contributed by atoms with Gasteiger partial charge in [-0.1, -0.05) is 24.3 Å². The van der Waals surface area contributed by atoms with Crippen LogP contribution in [0, 0.1) is 29.6 Å². The number of hydrogen-bond donors (Lipinski definition) is 2. The normalized spacial score (nSPS) is 35.1. The molecule has 2 atom stereocenters. The first kappa shape index (κ1) is 19.4. The number of rotatable bonds is 5. The predicted molar refractivity (Wildman–Crippen MR) is 120 cm³/mol. The Bertz CT molecular complexity index is 1010. The summed E-state index contributed by atoms with van der Waals surface area (Å²) in [5, 5.41) is 16.4. The Morgan fingerprint density at radius 2 is 1.68 bits per heavy atom. The molecule has 1 aromatic carbocycles. The fourth-order valence-corrected chi connectivity index (χ4v) is 7.65. The summed E-state index contributed by atoms with van der Waals surface area (Å²) in [6.07, 6.45) is 8.85. The third-order valence-electron chi connectivity index (χ3n) is 7.98. The topological polar surface area (TPSA) is 84.0 Å². The van der Waals surface area contributed by atoms with Crippen LogP contribution in [0.25, 0.3) is 0 Å². The van der Waals surface area contributed by atoms with Crippen LogP contribution in [0.1, 0.15) is 67.2 Å². The Morgan fingerprint density at radius 3 is 2.32 bits per heavy atom. The maximum atomic E-state index is 12.8. The van der Waals surface area contributed by atoms with Gasteiger partial charge in [-0.2, -0.15) is 0 Å². The highest BCUT2D eigenvalue weighted by Crippen LogP contribution is 2.61. The smallest absolute Gasteiger partial charge is 0.257 e. The Morgan fingerprint density at radius 1 is 1.00 bits per heavy atom. The molecule has 0 saturated heterocycles. The second-order valence-corrected chi connectivity index (χ2v) is 11.4. The summed E-state index contributed by atoms with van der Waals surface area (Å²) in [5.74, 6) is 2.92. The molecule has 0 spiro atoms. The molecule has 2 aromatic rings. The van der Waals surface area contributed by atoms with E-state index in [9.17, 15) is 9.59 Å². The Labute approximate surface area is 186 Å². The number of hydrogen-bond acceptors (Lipinski definition) is 5. The molecule has 5 aliphatic rings. The standard InChI is InChI=1S/C24H28N4O2S/c1-13-5-19(13)21(30)25-18-4-2-3-17(9-18)20(29)26-23-28-27-22(31-23)24-10-14-6-15(11-24)8-16(7-14)12-24/h2-4,9,13-16,19H,5-8,10-12H2,1H3,(H,25,30)(H,26,28,29). The van der Waals surface area contributed by atoms with Crippen molar-refractivity contribution in [3.8, 4) is 0 Å². The van der Waals surface area contributed by atoms with E-state index in [4.69, 9.17) is 0 Å². The zero-order chi connectivity index (χ0) is 21.2. The van der Waals surface area contributed by atoms with Crippen molar-refractivity contribution in [1.29, 1.82) is 0 Å². The molecule has 4 bridgehead atoms. The van der Waals surface area contributed by atoms with Crippen LogP contribution >= 0.6 is 11.3 Å². The summed E-state index contributed by atoms with van der Waals surface area (Å²) in [6, 6.07) is 7.09. The minimum Gasteiger partial charge on any atom is -0.326 e. The molecule has 2 N–H and O–H groups in total. The molecule has 1 heterocycles. The van der Waals surface area contributed by atoms with Crippen LogP contribution in [-0.2, 0) is 10.2 Å². The van der Waals surface area contributed by atoms with Gasteiger partial charge in [-0.15, -0.1) is 10.2 Å². The van der Waals surface area contributed by atoms with E-state index in [2.05, 4.69) is 27.8 Å². The second-order valence-electron chi connectivity index (χ2n) is 10.5. The predicted octanol–water partition coefficient (Wildman–Crippen LogP) is 4.85. The first-order valence-corrected chi connectivity index (χ1v) is 12.4. The van der Waals surface area contributed by atoms with Crippen molar-refractivity contribution in [3.63, 3.8) is 0 Å². The zero-order valence-corrected chi connectivity index (χ0v) is 18.6. The lowest BCUT2D eigenvalue weighted by molar-refractivity contribution is -0.117. The molecule has 7 rings (SSSR count). The first-order chi connectivity index (χ1) is 15.0. The van der Waals surface area contributed by atoms with Crippen molar-refractivity contribution in [3.05, 3.63) is 34.8 Å². The quantitative estimate of drug-likeness (QED) is 0.702. The minimum atomic E-state index is -0.218. The number of amides is 2. The maximum Gasteiger partial charge on any atom is 0.257 e. The average Bonchev–Trinajstić information content (AvgIpc) is 3.27. The van der Waals surface area contributed by atoms with Gasteiger partial charge in [0.05, 0.1) is 0 Å². The molecule has 7 heteroatoms. The largest absolute Gasteiger partial charge is 0.326 e. The highest BCUT2D eigenvalue weighted by atomic mass is 32.1. The molecule has 6 nitrogen and oxygen atoms in total. The average molecular weight is 437 g/mol. The zero-order valence-electron chi connectivity index (χ0n) is 17.8. The maximum absolute atomic E-state index is 12.8. The molecule has 2 unspecified atom stereocenters. The number of nitrogens with one attached hydrogen (secondary N) is 2. The monoisotopic (exact) mass is 436 g/mol. The van der Waals surface area contributed by atoms with Gasteiger partial charge >= 0.3 is 0 Å². The van der Waals surface area contributed by atoms with Gasteiger partial charge in [0, 0.05) is 22.6 Å². The summed E-state index contributed by atoms with van der Waals surface area (Å²) in [4.78, 5) is 25.0. The number of carbonyl (C=O) groups is 2. The van der Waals surface area contributed by atoms with E-state index in [1.54, 1.807) is 29.5 Å². The molecule has 31 heavy (non-hydrogen) atoms. The van der Waals surface area contributed by atoms with Gasteiger partial charge in [0.15, 0.2) is 0 Å². The van der Waals surface area contributed by atoms with E-state index in [0.29, 0.717) is 22.3 Å². The Kier molecular flexibility index (Phi) is 4.46. The number of aromatic nitrogens is 2. The lowest BCUT2D eigenvalue weighted by Crippen LogP contribution is -2.48. The van der Waals surface area contributed by atoms with Crippen LogP contribution < -0.4 is 10.6 Å². The molecule has 0 radical (unpaired) electrons. The van der Waals surface area contributed by atoms with E-state index in [0.717, 1.165) is 29.2 Å². The Hall–Kier alpha value is -2.28. The SMILES string of the molecule is CC1CC1C(=O)Nc1cccc(C(=O)Nc2nnc(C34CC5CC(CC(C5)C3)C4)s2)c1. The Balaban J connectivity index is 1.15. The third kappa shape index (κ3) is 3.56. The van der Waals surface area contributed by atoms with Crippen molar-refractivity contribution in [2.45, 2.75) is 57.3 Å². The van der Waals surface area contributed by atoms with Gasteiger partial charge in [0.25, 0.3) is 5.91 Å². The van der Waals surface area contributed by atoms with Crippen LogP contribution in [0.5, 0.6) is 0 Å². The highest BCUT2D eigenvalue weighted by Gasteiger charge is 2.53. The number of nitrogens with zero attached hydrogens (tertiary/aromatic N) is 2. The number of anilines is 2. The summed E-state index contributed by atoms with van der Waals surface area (Å²) in [7, 11) is 0. The first-order valence-electron chi connectivity index (χ1n) is 11.5. The van der Waals surface area contributed by atoms with E-state index >= 15 is 0 Å². The summed E-state index contributed by atoms with van der Waals surface area (Å²) >= 11 is 1.55. The fourth-order valence-electron chi connectivity index (χ4n) is 6.69. The van der Waals surface area contributed by atoms with Gasteiger partial charge in [-0.05, 0) is 86.8 Å². The molecule has 5 fully saturated rings. The number of carbonyl (C=O) groups excluding carboxylic acids is 2. The van der Waals surface area contributed by atoms with Crippen molar-refractivity contribution in [2.24, 2.45) is 29.6 Å². The molecule has 0 aliphatic heterocycles. The van der Waals surface area contributed by atoms with E-state index in [1.807, 2.05) is 6.07 Å². The van der Waals surface area contributed by atoms with Crippen molar-refractivity contribution in [1.82, 2.24) is 10.2 Å². The fraction of sp³-hybridized carbons (Fsp3) is 0.583. The van der Waals surface area contributed by atoms with Gasteiger partial charge < -0.3 is 5.32 Å². The summed E-state index contributed by atoms with van der Waals surface area (Å²) in [6.45, 7) is 2.08. The lowest BCUT2D eigenvalue weighted by atomic mass is 9.50. The van der Waals surface area contributed by atoms with E-state index in [-0.39, 0.29) is 23.1 Å². The van der Waals surface area contributed by atoms with E-state index in [1.165, 1.54) is 38.5 Å². The second kappa shape index (κ2) is 7.12. The number of benzene rings is 1. The van der Waals surface area contributed by atoms with Crippen LogP contribution in [0.15, 0.2) is 24.3 Å². The molecule has 1 aromatic heterocycles. The van der Waals surface area contributed by atoms with Gasteiger partial charge in [0.1, 0.15) is 5.01 Å².